The molecule has 1 amide bonds. The summed E-state index contributed by atoms with van der Waals surface area (Å²) in [5, 5.41) is 6.67. The van der Waals surface area contributed by atoms with Gasteiger partial charge in [0.25, 0.3) is 0 Å². The fraction of sp³-hybridized carbons (Fsp3) is 0.391. The van der Waals surface area contributed by atoms with E-state index in [0.29, 0.717) is 19.5 Å². The third kappa shape index (κ3) is 7.06. The second-order valence-corrected chi connectivity index (χ2v) is 8.42. The van der Waals surface area contributed by atoms with Crippen LogP contribution in [0.15, 0.2) is 58.4 Å². The van der Waals surface area contributed by atoms with Crippen LogP contribution in [0.4, 0.5) is 4.39 Å². The zero-order valence-corrected chi connectivity index (χ0v) is 18.2. The number of guanidine groups is 1. The van der Waals surface area contributed by atoms with Crippen molar-refractivity contribution in [1.29, 1.82) is 0 Å². The third-order valence-corrected chi connectivity index (χ3v) is 6.01. The number of nitrogens with zero attached hydrogens (tertiary/aromatic N) is 2. The Morgan fingerprint density at radius 2 is 1.97 bits per heavy atom. The molecule has 1 saturated heterocycles. The van der Waals surface area contributed by atoms with Crippen LogP contribution < -0.4 is 10.6 Å². The van der Waals surface area contributed by atoms with E-state index in [1.807, 2.05) is 23.1 Å². The van der Waals surface area contributed by atoms with Gasteiger partial charge in [0.15, 0.2) is 5.96 Å². The first-order valence-electron chi connectivity index (χ1n) is 10.3. The zero-order chi connectivity index (χ0) is 21.2. The lowest BCUT2D eigenvalue weighted by molar-refractivity contribution is -0.128. The molecule has 0 spiro atoms. The SMILES string of the molecule is CN=C(NCCCSc1ccc(F)cc1)NCc1cccc(CN2CCCC2=O)c1. The van der Waals surface area contributed by atoms with Gasteiger partial charge in [0.2, 0.25) is 5.91 Å². The highest BCUT2D eigenvalue weighted by atomic mass is 32.2. The summed E-state index contributed by atoms with van der Waals surface area (Å²) >= 11 is 1.72. The molecule has 0 aliphatic carbocycles. The fourth-order valence-corrected chi connectivity index (χ4v) is 4.19. The molecule has 0 saturated carbocycles. The van der Waals surface area contributed by atoms with Crippen LogP contribution in [0.5, 0.6) is 0 Å². The first-order chi connectivity index (χ1) is 14.6. The topological polar surface area (TPSA) is 56.7 Å². The summed E-state index contributed by atoms with van der Waals surface area (Å²) in [4.78, 5) is 19.1. The maximum atomic E-state index is 12.9. The van der Waals surface area contributed by atoms with Gasteiger partial charge in [0, 0.05) is 44.5 Å². The Kier molecular flexibility index (Phi) is 8.56. The maximum absolute atomic E-state index is 12.9. The molecule has 1 aliphatic heterocycles. The number of hydrogen-bond acceptors (Lipinski definition) is 3. The van der Waals surface area contributed by atoms with Crippen LogP contribution in [0.25, 0.3) is 0 Å². The Balaban J connectivity index is 1.37. The van der Waals surface area contributed by atoms with E-state index < -0.39 is 0 Å². The van der Waals surface area contributed by atoms with Gasteiger partial charge in [-0.1, -0.05) is 24.3 Å². The van der Waals surface area contributed by atoms with Crippen LogP contribution in [0, 0.1) is 5.82 Å². The highest BCUT2D eigenvalue weighted by molar-refractivity contribution is 7.99. The van der Waals surface area contributed by atoms with Gasteiger partial charge >= 0.3 is 0 Å². The minimum atomic E-state index is -0.203. The average molecular weight is 429 g/mol. The molecule has 0 unspecified atom stereocenters. The number of thioether (sulfide) groups is 1. The smallest absolute Gasteiger partial charge is 0.222 e. The van der Waals surface area contributed by atoms with Crippen LogP contribution in [-0.4, -0.2) is 42.7 Å². The molecule has 2 aromatic carbocycles. The van der Waals surface area contributed by atoms with Crippen molar-refractivity contribution in [3.05, 3.63) is 65.5 Å². The van der Waals surface area contributed by atoms with Crippen LogP contribution >= 0.6 is 11.8 Å². The number of hydrogen-bond donors (Lipinski definition) is 2. The summed E-state index contributed by atoms with van der Waals surface area (Å²) in [6.45, 7) is 3.03. The highest BCUT2D eigenvalue weighted by Crippen LogP contribution is 2.18. The van der Waals surface area contributed by atoms with Crippen LogP contribution in [0.2, 0.25) is 0 Å². The van der Waals surface area contributed by atoms with Gasteiger partial charge < -0.3 is 15.5 Å². The van der Waals surface area contributed by atoms with E-state index in [1.165, 1.54) is 12.1 Å². The lowest BCUT2D eigenvalue weighted by Crippen LogP contribution is -2.37. The van der Waals surface area contributed by atoms with Crippen LogP contribution in [0.1, 0.15) is 30.4 Å². The molecule has 2 aromatic rings. The molecule has 160 valence electrons. The monoisotopic (exact) mass is 428 g/mol. The van der Waals surface area contributed by atoms with Gasteiger partial charge in [0.1, 0.15) is 5.82 Å². The minimum Gasteiger partial charge on any atom is -0.356 e. The lowest BCUT2D eigenvalue weighted by Gasteiger charge is -2.16. The molecule has 1 heterocycles. The number of aliphatic imine (C=N–C) groups is 1. The van der Waals surface area contributed by atoms with E-state index in [-0.39, 0.29) is 11.7 Å². The fourth-order valence-electron chi connectivity index (χ4n) is 3.34. The van der Waals surface area contributed by atoms with Crippen molar-refractivity contribution in [1.82, 2.24) is 15.5 Å². The van der Waals surface area contributed by atoms with E-state index in [0.717, 1.165) is 53.7 Å². The largest absolute Gasteiger partial charge is 0.356 e. The zero-order valence-electron chi connectivity index (χ0n) is 17.4. The van der Waals surface area contributed by atoms with Crippen molar-refractivity contribution in [3.63, 3.8) is 0 Å². The number of rotatable bonds is 9. The number of carbonyl (C=O) groups is 1. The number of amides is 1. The molecule has 0 aromatic heterocycles. The molecule has 5 nitrogen and oxygen atoms in total. The van der Waals surface area contributed by atoms with Crippen LogP contribution in [0.3, 0.4) is 0 Å². The Morgan fingerprint density at radius 3 is 2.70 bits per heavy atom. The first-order valence-corrected chi connectivity index (χ1v) is 11.3. The standard InChI is InChI=1S/C23H29FN4OS/c1-25-23(26-12-4-14-30-21-10-8-20(24)9-11-21)27-16-18-5-2-6-19(15-18)17-28-13-3-7-22(28)29/h2,5-6,8-11,15H,3-4,7,12-14,16-17H2,1H3,(H2,25,26,27). The molecule has 1 aliphatic rings. The molecule has 7 heteroatoms. The molecular formula is C23H29FN4OS. The minimum absolute atomic E-state index is 0.203. The molecular weight excluding hydrogens is 399 g/mol. The van der Waals surface area contributed by atoms with Crippen molar-refractivity contribution >= 4 is 23.6 Å². The number of halogens is 1. The maximum Gasteiger partial charge on any atom is 0.222 e. The van der Waals surface area contributed by atoms with Gasteiger partial charge in [-0.2, -0.15) is 0 Å². The van der Waals surface area contributed by atoms with Gasteiger partial charge in [-0.25, -0.2) is 4.39 Å². The van der Waals surface area contributed by atoms with Gasteiger partial charge in [-0.15, -0.1) is 11.8 Å². The number of benzene rings is 2. The molecule has 0 bridgehead atoms. The summed E-state index contributed by atoms with van der Waals surface area (Å²) in [6, 6.07) is 14.9. The lowest BCUT2D eigenvalue weighted by atomic mass is 10.1. The quantitative estimate of drug-likeness (QED) is 0.276. The van der Waals surface area contributed by atoms with Gasteiger partial charge in [0.05, 0.1) is 0 Å². The molecule has 3 rings (SSSR count). The predicted octanol–water partition coefficient (Wildman–Crippen LogP) is 3.80. The van der Waals surface area contributed by atoms with E-state index in [9.17, 15) is 9.18 Å². The number of likely N-dealkylation sites (tertiary alicyclic amines) is 1. The third-order valence-electron chi connectivity index (χ3n) is 4.92. The Bertz CT molecular complexity index is 857. The van der Waals surface area contributed by atoms with Crippen molar-refractivity contribution in [2.24, 2.45) is 4.99 Å². The van der Waals surface area contributed by atoms with E-state index in [4.69, 9.17) is 0 Å². The van der Waals surface area contributed by atoms with E-state index >= 15 is 0 Å². The number of carbonyl (C=O) groups excluding carboxylic acids is 1. The van der Waals surface area contributed by atoms with E-state index in [1.54, 1.807) is 18.8 Å². The highest BCUT2D eigenvalue weighted by Gasteiger charge is 2.19. The van der Waals surface area contributed by atoms with Crippen molar-refractivity contribution in [2.75, 3.05) is 25.9 Å². The second-order valence-electron chi connectivity index (χ2n) is 7.25. The van der Waals surface area contributed by atoms with Crippen molar-refractivity contribution in [2.45, 2.75) is 37.2 Å². The molecule has 0 radical (unpaired) electrons. The Labute approximate surface area is 182 Å². The summed E-state index contributed by atoms with van der Waals surface area (Å²) in [7, 11) is 1.76. The normalized spacial score (nSPS) is 14.3. The summed E-state index contributed by atoms with van der Waals surface area (Å²) in [5.74, 6) is 1.76. The summed E-state index contributed by atoms with van der Waals surface area (Å²) in [6.07, 6.45) is 2.61. The molecule has 2 N–H and O–H groups in total. The average Bonchev–Trinajstić information content (AvgIpc) is 3.16. The summed E-state index contributed by atoms with van der Waals surface area (Å²) < 4.78 is 12.9. The van der Waals surface area contributed by atoms with Crippen LogP contribution in [-0.2, 0) is 17.9 Å². The van der Waals surface area contributed by atoms with Gasteiger partial charge in [-0.3, -0.25) is 9.79 Å². The second kappa shape index (κ2) is 11.6. The van der Waals surface area contributed by atoms with Crippen molar-refractivity contribution in [3.8, 4) is 0 Å². The Hall–Kier alpha value is -2.54. The first kappa shape index (κ1) is 22.2. The molecule has 30 heavy (non-hydrogen) atoms. The van der Waals surface area contributed by atoms with Gasteiger partial charge in [-0.05, 0) is 54.0 Å². The molecule has 1 fully saturated rings. The predicted molar refractivity (Wildman–Crippen MR) is 121 cm³/mol. The number of nitrogens with one attached hydrogen (secondary N) is 2. The Morgan fingerprint density at radius 1 is 1.17 bits per heavy atom. The van der Waals surface area contributed by atoms with E-state index in [2.05, 4.69) is 33.8 Å². The molecule has 0 atom stereocenters. The van der Waals surface area contributed by atoms with Crippen molar-refractivity contribution < 1.29 is 9.18 Å². The summed E-state index contributed by atoms with van der Waals surface area (Å²) in [5.41, 5.74) is 2.32.